The molecule has 3 nitrogen and oxygen atoms in total. The van der Waals surface area contributed by atoms with Crippen LogP contribution in [-0.4, -0.2) is 13.0 Å². The lowest BCUT2D eigenvalue weighted by Gasteiger charge is -2.27. The predicted octanol–water partition coefficient (Wildman–Crippen LogP) is 2.44. The second-order valence-corrected chi connectivity index (χ2v) is 4.15. The number of amides is 1. The van der Waals surface area contributed by atoms with Crippen molar-refractivity contribution >= 4 is 5.91 Å². The molecule has 18 heavy (non-hydrogen) atoms. The van der Waals surface area contributed by atoms with Crippen molar-refractivity contribution in [3.8, 4) is 0 Å². The summed E-state index contributed by atoms with van der Waals surface area (Å²) in [4.78, 5) is 10.9. The third-order valence-corrected chi connectivity index (χ3v) is 2.78. The zero-order valence-electron chi connectivity index (χ0n) is 10.0. The molecule has 0 aliphatic rings. The molecule has 1 unspecified atom stereocenters. The van der Waals surface area contributed by atoms with Crippen molar-refractivity contribution in [2.45, 2.75) is 25.1 Å². The first-order valence-corrected chi connectivity index (χ1v) is 5.20. The fourth-order valence-corrected chi connectivity index (χ4v) is 1.64. The first-order valence-electron chi connectivity index (χ1n) is 5.20. The van der Waals surface area contributed by atoms with Gasteiger partial charge in [-0.25, -0.2) is 0 Å². The van der Waals surface area contributed by atoms with Gasteiger partial charge in [-0.05, 0) is 24.6 Å². The van der Waals surface area contributed by atoms with Crippen molar-refractivity contribution in [1.82, 2.24) is 0 Å². The topological polar surface area (TPSA) is 52.3 Å². The van der Waals surface area contributed by atoms with Crippen molar-refractivity contribution in [2.75, 3.05) is 7.11 Å². The van der Waals surface area contributed by atoms with Gasteiger partial charge in [0.25, 0.3) is 0 Å². The Morgan fingerprint density at radius 3 is 2.00 bits per heavy atom. The molecule has 0 aliphatic heterocycles. The Labute approximate surface area is 103 Å². The van der Waals surface area contributed by atoms with Crippen LogP contribution < -0.4 is 5.73 Å². The molecule has 1 aromatic rings. The van der Waals surface area contributed by atoms with E-state index in [4.69, 9.17) is 10.5 Å². The number of alkyl halides is 3. The number of hydrogen-bond donors (Lipinski definition) is 1. The molecule has 0 saturated heterocycles. The van der Waals surface area contributed by atoms with E-state index >= 15 is 0 Å². The van der Waals surface area contributed by atoms with Crippen LogP contribution in [0.4, 0.5) is 13.2 Å². The number of benzene rings is 1. The molecule has 2 N–H and O–H groups in total. The Bertz CT molecular complexity index is 428. The molecule has 0 heterocycles. The van der Waals surface area contributed by atoms with Crippen molar-refractivity contribution < 1.29 is 22.7 Å². The van der Waals surface area contributed by atoms with E-state index in [0.29, 0.717) is 5.56 Å². The largest absolute Gasteiger partial charge is 0.416 e. The van der Waals surface area contributed by atoms with Crippen LogP contribution in [0.1, 0.15) is 24.5 Å². The van der Waals surface area contributed by atoms with E-state index in [1.165, 1.54) is 19.2 Å². The summed E-state index contributed by atoms with van der Waals surface area (Å²) in [6.45, 7) is 1.60. The Balaban J connectivity index is 3.06. The van der Waals surface area contributed by atoms with E-state index in [1.807, 2.05) is 0 Å². The Morgan fingerprint density at radius 1 is 1.22 bits per heavy atom. The van der Waals surface area contributed by atoms with Gasteiger partial charge in [0.05, 0.1) is 17.6 Å². The van der Waals surface area contributed by atoms with E-state index in [1.54, 1.807) is 6.92 Å². The highest BCUT2D eigenvalue weighted by molar-refractivity contribution is 5.75. The van der Waals surface area contributed by atoms with Gasteiger partial charge in [0.2, 0.25) is 5.91 Å². The average molecular weight is 261 g/mol. The van der Waals surface area contributed by atoms with E-state index in [0.717, 1.165) is 12.1 Å². The van der Waals surface area contributed by atoms with Crippen LogP contribution >= 0.6 is 0 Å². The van der Waals surface area contributed by atoms with E-state index < -0.39 is 23.2 Å². The fourth-order valence-electron chi connectivity index (χ4n) is 1.64. The molecule has 1 aromatic carbocycles. The SMILES string of the molecule is COC(C)(CC(N)=O)c1ccc(C(F)(F)F)cc1. The van der Waals surface area contributed by atoms with Crippen LogP contribution in [-0.2, 0) is 21.3 Å². The Kier molecular flexibility index (Phi) is 4.01. The minimum absolute atomic E-state index is 0.102. The van der Waals surface area contributed by atoms with Crippen LogP contribution in [0.2, 0.25) is 0 Å². The molecular weight excluding hydrogens is 247 g/mol. The smallest absolute Gasteiger partial charge is 0.373 e. The monoisotopic (exact) mass is 261 g/mol. The molecule has 6 heteroatoms. The molecule has 0 aliphatic carbocycles. The van der Waals surface area contributed by atoms with Crippen LogP contribution in [0, 0.1) is 0 Å². The van der Waals surface area contributed by atoms with Crippen LogP contribution in [0.3, 0.4) is 0 Å². The van der Waals surface area contributed by atoms with E-state index in [2.05, 4.69) is 0 Å². The van der Waals surface area contributed by atoms with Gasteiger partial charge in [-0.1, -0.05) is 12.1 Å². The molecule has 0 aromatic heterocycles. The van der Waals surface area contributed by atoms with Gasteiger partial charge < -0.3 is 10.5 Å². The maximum atomic E-state index is 12.4. The molecular formula is C12H14F3NO2. The van der Waals surface area contributed by atoms with Crippen molar-refractivity contribution in [1.29, 1.82) is 0 Å². The molecule has 0 fully saturated rings. The number of hydrogen-bond acceptors (Lipinski definition) is 2. The molecule has 0 bridgehead atoms. The third-order valence-electron chi connectivity index (χ3n) is 2.78. The van der Waals surface area contributed by atoms with Gasteiger partial charge in [-0.3, -0.25) is 4.79 Å². The summed E-state index contributed by atoms with van der Waals surface area (Å²) in [6, 6.07) is 4.48. The number of ether oxygens (including phenoxy) is 1. The van der Waals surface area contributed by atoms with Gasteiger partial charge in [0.15, 0.2) is 0 Å². The number of nitrogens with two attached hydrogens (primary N) is 1. The highest BCUT2D eigenvalue weighted by Crippen LogP contribution is 2.33. The molecule has 0 spiro atoms. The number of methoxy groups -OCH3 is 1. The summed E-state index contributed by atoms with van der Waals surface area (Å²) in [6.07, 6.45) is -4.49. The highest BCUT2D eigenvalue weighted by atomic mass is 19.4. The maximum Gasteiger partial charge on any atom is 0.416 e. The second kappa shape index (κ2) is 4.97. The Hall–Kier alpha value is -1.56. The molecule has 1 atom stereocenters. The summed E-state index contributed by atoms with van der Waals surface area (Å²) in [5, 5.41) is 0. The van der Waals surface area contributed by atoms with Crippen molar-refractivity contribution in [3.63, 3.8) is 0 Å². The summed E-state index contributed by atoms with van der Waals surface area (Å²) in [5.41, 5.74) is 3.80. The van der Waals surface area contributed by atoms with Crippen LogP contribution in [0.25, 0.3) is 0 Å². The quantitative estimate of drug-likeness (QED) is 0.905. The van der Waals surface area contributed by atoms with Crippen LogP contribution in [0.5, 0.6) is 0 Å². The second-order valence-electron chi connectivity index (χ2n) is 4.15. The lowest BCUT2D eigenvalue weighted by molar-refractivity contribution is -0.137. The van der Waals surface area contributed by atoms with Gasteiger partial charge in [-0.15, -0.1) is 0 Å². The number of carbonyl (C=O) groups is 1. The molecule has 1 amide bonds. The molecule has 0 saturated carbocycles. The van der Waals surface area contributed by atoms with Gasteiger partial charge in [-0.2, -0.15) is 13.2 Å². The summed E-state index contributed by atoms with van der Waals surface area (Å²) in [5.74, 6) is -0.584. The number of halogens is 3. The summed E-state index contributed by atoms with van der Waals surface area (Å²) < 4.78 is 42.4. The molecule has 100 valence electrons. The van der Waals surface area contributed by atoms with Crippen LogP contribution in [0.15, 0.2) is 24.3 Å². The minimum atomic E-state index is -4.38. The van der Waals surface area contributed by atoms with Gasteiger partial charge in [0.1, 0.15) is 0 Å². The zero-order valence-corrected chi connectivity index (χ0v) is 10.0. The number of primary amides is 1. The average Bonchev–Trinajstić information content (AvgIpc) is 2.27. The first-order chi connectivity index (χ1) is 8.19. The summed E-state index contributed by atoms with van der Waals surface area (Å²) >= 11 is 0. The lowest BCUT2D eigenvalue weighted by Crippen LogP contribution is -2.31. The Morgan fingerprint density at radius 2 is 1.67 bits per heavy atom. The fraction of sp³-hybridized carbons (Fsp3) is 0.417. The number of carbonyl (C=O) groups excluding carboxylic acids is 1. The zero-order chi connectivity index (χ0) is 14.0. The normalized spacial score (nSPS) is 15.2. The van der Waals surface area contributed by atoms with Crippen molar-refractivity contribution in [3.05, 3.63) is 35.4 Å². The third kappa shape index (κ3) is 3.22. The van der Waals surface area contributed by atoms with Crippen molar-refractivity contribution in [2.24, 2.45) is 5.73 Å². The van der Waals surface area contributed by atoms with Gasteiger partial charge in [0, 0.05) is 7.11 Å². The minimum Gasteiger partial charge on any atom is -0.373 e. The summed E-state index contributed by atoms with van der Waals surface area (Å²) in [7, 11) is 1.38. The standard InChI is InChI=1S/C12H14F3NO2/c1-11(18-2,7-10(16)17)8-3-5-9(6-4-8)12(13,14)15/h3-6H,7H2,1-2H3,(H2,16,17). The maximum absolute atomic E-state index is 12.4. The lowest BCUT2D eigenvalue weighted by atomic mass is 9.91. The first kappa shape index (κ1) is 14.5. The molecule has 0 radical (unpaired) electrons. The highest BCUT2D eigenvalue weighted by Gasteiger charge is 2.32. The predicted molar refractivity (Wildman–Crippen MR) is 59.6 cm³/mol. The number of rotatable bonds is 4. The molecule has 1 rings (SSSR count). The van der Waals surface area contributed by atoms with E-state index in [-0.39, 0.29) is 6.42 Å². The van der Waals surface area contributed by atoms with Gasteiger partial charge >= 0.3 is 6.18 Å². The van der Waals surface area contributed by atoms with E-state index in [9.17, 15) is 18.0 Å².